The van der Waals surface area contributed by atoms with Gasteiger partial charge in [0.2, 0.25) is 0 Å². The third kappa shape index (κ3) is 2.57. The van der Waals surface area contributed by atoms with Crippen LogP contribution in [-0.4, -0.2) is 22.8 Å². The molecule has 0 saturated heterocycles. The van der Waals surface area contributed by atoms with Crippen LogP contribution in [0.2, 0.25) is 0 Å². The van der Waals surface area contributed by atoms with E-state index in [-0.39, 0.29) is 5.75 Å². The Morgan fingerprint density at radius 2 is 1.85 bits per heavy atom. The van der Waals surface area contributed by atoms with Gasteiger partial charge in [0.1, 0.15) is 5.75 Å². The fourth-order valence-electron chi connectivity index (χ4n) is 2.28. The van der Waals surface area contributed by atoms with Gasteiger partial charge >= 0.3 is 0 Å². The molecule has 0 aliphatic carbocycles. The molecule has 3 rings (SSSR count). The number of para-hydroxylation sites is 2. The van der Waals surface area contributed by atoms with Gasteiger partial charge in [-0.1, -0.05) is 30.3 Å². The van der Waals surface area contributed by atoms with Crippen LogP contribution in [0.4, 0.5) is 0 Å². The molecule has 0 aliphatic heterocycles. The summed E-state index contributed by atoms with van der Waals surface area (Å²) in [7, 11) is 0. The highest BCUT2D eigenvalue weighted by atomic mass is 16.3. The van der Waals surface area contributed by atoms with Gasteiger partial charge < -0.3 is 10.1 Å². The number of phenolic OH excluding ortho intramolecular Hbond substituents is 1. The molecule has 1 aromatic heterocycles. The predicted molar refractivity (Wildman–Crippen MR) is 82.6 cm³/mol. The Kier molecular flexibility index (Phi) is 3.50. The number of fused-ring (bicyclic) bond motifs is 1. The van der Waals surface area contributed by atoms with Crippen molar-refractivity contribution in [1.82, 2.24) is 4.98 Å². The van der Waals surface area contributed by atoms with Gasteiger partial charge in [-0.2, -0.15) is 0 Å². The van der Waals surface area contributed by atoms with E-state index in [4.69, 9.17) is 0 Å². The lowest BCUT2D eigenvalue weighted by atomic mass is 10.1. The van der Waals surface area contributed by atoms with Crippen molar-refractivity contribution in [3.05, 3.63) is 65.9 Å². The number of nitrogens with one attached hydrogen (secondary N) is 1. The molecule has 0 unspecified atom stereocenters. The SMILES string of the molecule is Oc1ccccc1C=NCCc1c[nH]c2ccccc12. The Labute approximate surface area is 117 Å². The summed E-state index contributed by atoms with van der Waals surface area (Å²) >= 11 is 0. The van der Waals surface area contributed by atoms with Crippen molar-refractivity contribution in [1.29, 1.82) is 0 Å². The zero-order valence-electron chi connectivity index (χ0n) is 11.1. The van der Waals surface area contributed by atoms with E-state index in [1.165, 1.54) is 10.9 Å². The lowest BCUT2D eigenvalue weighted by Gasteiger charge is -1.98. The molecule has 0 saturated carbocycles. The van der Waals surface area contributed by atoms with E-state index in [2.05, 4.69) is 22.1 Å². The first kappa shape index (κ1) is 12.5. The van der Waals surface area contributed by atoms with Gasteiger partial charge in [-0.15, -0.1) is 0 Å². The molecule has 20 heavy (non-hydrogen) atoms. The van der Waals surface area contributed by atoms with Gasteiger partial charge in [0.25, 0.3) is 0 Å². The molecule has 1 heterocycles. The average molecular weight is 264 g/mol. The minimum Gasteiger partial charge on any atom is -0.507 e. The van der Waals surface area contributed by atoms with Crippen LogP contribution in [0.25, 0.3) is 10.9 Å². The number of H-pyrrole nitrogens is 1. The van der Waals surface area contributed by atoms with Crippen LogP contribution in [0.1, 0.15) is 11.1 Å². The molecular weight excluding hydrogens is 248 g/mol. The van der Waals surface area contributed by atoms with E-state index in [9.17, 15) is 5.11 Å². The number of aromatic nitrogens is 1. The number of phenols is 1. The third-order valence-corrected chi connectivity index (χ3v) is 3.35. The molecule has 0 amide bonds. The predicted octanol–water partition coefficient (Wildman–Crippen LogP) is 3.54. The number of aromatic amines is 1. The highest BCUT2D eigenvalue weighted by molar-refractivity contribution is 5.84. The molecule has 0 radical (unpaired) electrons. The van der Waals surface area contributed by atoms with Crippen molar-refractivity contribution >= 4 is 17.1 Å². The van der Waals surface area contributed by atoms with Crippen molar-refractivity contribution in [2.45, 2.75) is 6.42 Å². The van der Waals surface area contributed by atoms with Crippen molar-refractivity contribution in [3.8, 4) is 5.75 Å². The van der Waals surface area contributed by atoms with Gasteiger partial charge in [-0.3, -0.25) is 4.99 Å². The topological polar surface area (TPSA) is 48.4 Å². The fraction of sp³-hybridized carbons (Fsp3) is 0.118. The normalized spacial score (nSPS) is 11.4. The number of nitrogens with zero attached hydrogens (tertiary/aromatic N) is 1. The maximum Gasteiger partial charge on any atom is 0.124 e. The van der Waals surface area contributed by atoms with Gasteiger partial charge in [0, 0.05) is 35.4 Å². The first-order valence-corrected chi connectivity index (χ1v) is 6.67. The lowest BCUT2D eigenvalue weighted by Crippen LogP contribution is -1.90. The second kappa shape index (κ2) is 5.61. The van der Waals surface area contributed by atoms with Gasteiger partial charge in [-0.05, 0) is 30.2 Å². The summed E-state index contributed by atoms with van der Waals surface area (Å²) in [6.45, 7) is 0.705. The van der Waals surface area contributed by atoms with E-state index in [0.717, 1.165) is 17.5 Å². The zero-order chi connectivity index (χ0) is 13.8. The van der Waals surface area contributed by atoms with Crippen LogP contribution in [0.5, 0.6) is 5.75 Å². The summed E-state index contributed by atoms with van der Waals surface area (Å²) < 4.78 is 0. The Bertz CT molecular complexity index is 743. The lowest BCUT2D eigenvalue weighted by molar-refractivity contribution is 0.474. The number of hydrogen-bond donors (Lipinski definition) is 2. The monoisotopic (exact) mass is 264 g/mol. The van der Waals surface area contributed by atoms with Gasteiger partial charge in [-0.25, -0.2) is 0 Å². The molecule has 0 aliphatic rings. The van der Waals surface area contributed by atoms with E-state index >= 15 is 0 Å². The van der Waals surface area contributed by atoms with Crippen molar-refractivity contribution in [2.75, 3.05) is 6.54 Å². The average Bonchev–Trinajstić information content (AvgIpc) is 2.89. The first-order chi connectivity index (χ1) is 9.84. The Hall–Kier alpha value is -2.55. The van der Waals surface area contributed by atoms with Gasteiger partial charge in [0.15, 0.2) is 0 Å². The highest BCUT2D eigenvalue weighted by Gasteiger charge is 2.01. The van der Waals surface area contributed by atoms with Crippen LogP contribution in [-0.2, 0) is 6.42 Å². The highest BCUT2D eigenvalue weighted by Crippen LogP contribution is 2.18. The fourth-order valence-corrected chi connectivity index (χ4v) is 2.28. The number of hydrogen-bond acceptors (Lipinski definition) is 2. The van der Waals surface area contributed by atoms with Gasteiger partial charge in [0.05, 0.1) is 0 Å². The smallest absolute Gasteiger partial charge is 0.124 e. The summed E-state index contributed by atoms with van der Waals surface area (Å²) in [4.78, 5) is 7.65. The molecule has 2 aromatic carbocycles. The molecule has 100 valence electrons. The number of rotatable bonds is 4. The standard InChI is InChI=1S/C17H16N2O/c20-17-8-4-1-5-14(17)11-18-10-9-13-12-19-16-7-3-2-6-15(13)16/h1-8,11-12,19-20H,9-10H2. The second-order valence-corrected chi connectivity index (χ2v) is 4.70. The van der Waals surface area contributed by atoms with Crippen LogP contribution < -0.4 is 0 Å². The van der Waals surface area contributed by atoms with Crippen LogP contribution in [0.15, 0.2) is 59.7 Å². The summed E-state index contributed by atoms with van der Waals surface area (Å²) in [6, 6.07) is 15.5. The van der Waals surface area contributed by atoms with E-state index < -0.39 is 0 Å². The second-order valence-electron chi connectivity index (χ2n) is 4.70. The molecule has 0 fully saturated rings. The van der Waals surface area contributed by atoms with E-state index in [1.807, 2.05) is 30.5 Å². The molecule has 3 aromatic rings. The van der Waals surface area contributed by atoms with E-state index in [0.29, 0.717) is 6.54 Å². The number of aliphatic imine (C=N–C) groups is 1. The number of aromatic hydroxyl groups is 1. The Morgan fingerprint density at radius 1 is 1.05 bits per heavy atom. The molecule has 0 bridgehead atoms. The number of benzene rings is 2. The van der Waals surface area contributed by atoms with Crippen LogP contribution >= 0.6 is 0 Å². The summed E-state index contributed by atoms with van der Waals surface area (Å²) in [6.07, 6.45) is 4.65. The van der Waals surface area contributed by atoms with Crippen LogP contribution in [0.3, 0.4) is 0 Å². The third-order valence-electron chi connectivity index (χ3n) is 3.35. The van der Waals surface area contributed by atoms with Crippen molar-refractivity contribution < 1.29 is 5.11 Å². The van der Waals surface area contributed by atoms with Crippen molar-refractivity contribution in [3.63, 3.8) is 0 Å². The first-order valence-electron chi connectivity index (χ1n) is 6.67. The molecule has 3 heteroatoms. The Morgan fingerprint density at radius 3 is 2.75 bits per heavy atom. The maximum absolute atomic E-state index is 9.64. The molecular formula is C17H16N2O. The van der Waals surface area contributed by atoms with Crippen LogP contribution in [0, 0.1) is 0 Å². The summed E-state index contributed by atoms with van der Waals surface area (Å²) in [5.74, 6) is 0.267. The molecule has 0 atom stereocenters. The van der Waals surface area contributed by atoms with E-state index in [1.54, 1.807) is 18.3 Å². The van der Waals surface area contributed by atoms with Crippen molar-refractivity contribution in [2.24, 2.45) is 4.99 Å². The largest absolute Gasteiger partial charge is 0.507 e. The molecule has 3 nitrogen and oxygen atoms in total. The summed E-state index contributed by atoms with van der Waals surface area (Å²) in [5.41, 5.74) is 3.19. The zero-order valence-corrected chi connectivity index (χ0v) is 11.1. The summed E-state index contributed by atoms with van der Waals surface area (Å²) in [5, 5.41) is 10.9. The minimum atomic E-state index is 0.267. The Balaban J connectivity index is 1.67. The molecule has 2 N–H and O–H groups in total. The maximum atomic E-state index is 9.64. The quantitative estimate of drug-likeness (QED) is 0.696. The molecule has 0 spiro atoms. The minimum absolute atomic E-state index is 0.267.